The number of nitrogens with two attached hydrogens (primary N) is 1. The molecule has 1 amide bonds. The molecule has 0 aromatic heterocycles. The van der Waals surface area contributed by atoms with Crippen LogP contribution in [0.15, 0.2) is 0 Å². The van der Waals surface area contributed by atoms with Gasteiger partial charge in [-0.05, 0) is 6.92 Å². The number of likely N-dealkylation sites (N-methyl/N-ethyl adjacent to an activating group) is 2. The lowest BCUT2D eigenvalue weighted by atomic mass is 10.5. The molecule has 15 heavy (non-hydrogen) atoms. The molecule has 0 saturated heterocycles. The van der Waals surface area contributed by atoms with E-state index in [1.807, 2.05) is 0 Å². The molecule has 0 atom stereocenters. The van der Waals surface area contributed by atoms with Crippen LogP contribution in [-0.4, -0.2) is 50.6 Å². The second-order valence-electron chi connectivity index (χ2n) is 2.98. The third-order valence-electron chi connectivity index (χ3n) is 1.82. The second-order valence-corrected chi connectivity index (χ2v) is 5.07. The first-order valence-corrected chi connectivity index (χ1v) is 6.53. The minimum atomic E-state index is -3.39. The van der Waals surface area contributed by atoms with Crippen molar-refractivity contribution in [3.63, 3.8) is 0 Å². The molecule has 3 N–H and O–H groups in total. The lowest BCUT2D eigenvalue weighted by molar-refractivity contribution is -0.121. The van der Waals surface area contributed by atoms with Crippen LogP contribution in [0.4, 0.5) is 0 Å². The van der Waals surface area contributed by atoms with Crippen molar-refractivity contribution >= 4 is 15.9 Å². The lowest BCUT2D eigenvalue weighted by Gasteiger charge is -2.19. The van der Waals surface area contributed by atoms with E-state index in [0.29, 0.717) is 6.54 Å². The molecule has 0 rings (SSSR count). The Labute approximate surface area is 90.9 Å². The van der Waals surface area contributed by atoms with Gasteiger partial charge in [-0.15, -0.1) is 0 Å². The maximum absolute atomic E-state index is 11.6. The van der Waals surface area contributed by atoms with Crippen LogP contribution in [0, 0.1) is 0 Å². The molecule has 0 aromatic rings. The number of nitrogens with zero attached hydrogens (tertiary/aromatic N) is 1. The molecule has 0 heterocycles. The van der Waals surface area contributed by atoms with Gasteiger partial charge in [0, 0.05) is 19.6 Å². The normalized spacial score (nSPS) is 11.7. The summed E-state index contributed by atoms with van der Waals surface area (Å²) in [5.74, 6) is -0.416. The minimum absolute atomic E-state index is 0.0637. The van der Waals surface area contributed by atoms with E-state index in [4.69, 9.17) is 5.73 Å². The van der Waals surface area contributed by atoms with Crippen molar-refractivity contribution in [2.24, 2.45) is 5.73 Å². The third-order valence-corrected chi connectivity index (χ3v) is 3.74. The summed E-state index contributed by atoms with van der Waals surface area (Å²) in [5.41, 5.74) is 5.19. The lowest BCUT2D eigenvalue weighted by Crippen LogP contribution is -2.42. The predicted octanol–water partition coefficient (Wildman–Crippen LogP) is -1.27. The van der Waals surface area contributed by atoms with Crippen LogP contribution in [0.25, 0.3) is 0 Å². The summed E-state index contributed by atoms with van der Waals surface area (Å²) < 4.78 is 24.3. The predicted molar refractivity (Wildman–Crippen MR) is 58.8 cm³/mol. The monoisotopic (exact) mass is 237 g/mol. The Hall–Kier alpha value is -0.660. The summed E-state index contributed by atoms with van der Waals surface area (Å²) in [5, 5.41) is 2.55. The van der Waals surface area contributed by atoms with Crippen LogP contribution in [0.2, 0.25) is 0 Å². The number of hydrogen-bond acceptors (Lipinski definition) is 4. The molecule has 0 aliphatic carbocycles. The summed E-state index contributed by atoms with van der Waals surface area (Å²) >= 11 is 0. The molecule has 0 unspecified atom stereocenters. The molecule has 7 heteroatoms. The number of rotatable bonds is 7. The molecule has 0 aromatic carbocycles. The topological polar surface area (TPSA) is 92.5 Å². The van der Waals surface area contributed by atoms with Gasteiger partial charge in [0.05, 0.1) is 12.3 Å². The fourth-order valence-corrected chi connectivity index (χ4v) is 2.36. The van der Waals surface area contributed by atoms with E-state index < -0.39 is 10.0 Å². The average Bonchev–Trinajstić information content (AvgIpc) is 2.14. The van der Waals surface area contributed by atoms with Gasteiger partial charge in [0.15, 0.2) is 0 Å². The second kappa shape index (κ2) is 6.76. The first-order chi connectivity index (χ1) is 6.97. The third kappa shape index (κ3) is 5.10. The van der Waals surface area contributed by atoms with Crippen molar-refractivity contribution in [1.82, 2.24) is 9.62 Å². The van der Waals surface area contributed by atoms with Gasteiger partial charge in [-0.25, -0.2) is 8.42 Å². The van der Waals surface area contributed by atoms with Gasteiger partial charge in [-0.2, -0.15) is 4.31 Å². The number of hydrogen-bond donors (Lipinski definition) is 2. The van der Waals surface area contributed by atoms with Crippen molar-refractivity contribution < 1.29 is 13.2 Å². The molecule has 0 aliphatic rings. The number of sulfonamides is 1. The Kier molecular flexibility index (Phi) is 6.46. The van der Waals surface area contributed by atoms with E-state index in [-0.39, 0.29) is 31.3 Å². The van der Waals surface area contributed by atoms with E-state index in [1.165, 1.54) is 0 Å². The molecule has 0 radical (unpaired) electrons. The van der Waals surface area contributed by atoms with Crippen molar-refractivity contribution in [2.75, 3.05) is 31.9 Å². The Morgan fingerprint density at radius 2 is 2.00 bits per heavy atom. The first kappa shape index (κ1) is 14.3. The van der Waals surface area contributed by atoms with Crippen molar-refractivity contribution in [1.29, 1.82) is 0 Å². The zero-order valence-corrected chi connectivity index (χ0v) is 10.0. The Morgan fingerprint density at radius 3 is 2.40 bits per heavy atom. The van der Waals surface area contributed by atoms with Gasteiger partial charge in [0.1, 0.15) is 0 Å². The Morgan fingerprint density at radius 1 is 1.40 bits per heavy atom. The van der Waals surface area contributed by atoms with Gasteiger partial charge in [-0.3, -0.25) is 4.79 Å². The van der Waals surface area contributed by atoms with E-state index in [9.17, 15) is 13.2 Å². The molecule has 90 valence electrons. The number of nitrogens with one attached hydrogen (secondary N) is 1. The van der Waals surface area contributed by atoms with Crippen LogP contribution >= 0.6 is 0 Å². The number of amides is 1. The molecule has 0 aliphatic heterocycles. The maximum Gasteiger partial charge on any atom is 0.235 e. The quantitative estimate of drug-likeness (QED) is 0.577. The van der Waals surface area contributed by atoms with Gasteiger partial charge < -0.3 is 11.1 Å². The van der Waals surface area contributed by atoms with Crippen molar-refractivity contribution in [3.05, 3.63) is 0 Å². The van der Waals surface area contributed by atoms with Crippen LogP contribution in [0.3, 0.4) is 0 Å². The van der Waals surface area contributed by atoms with Crippen molar-refractivity contribution in [3.8, 4) is 0 Å². The van der Waals surface area contributed by atoms with Gasteiger partial charge in [0.25, 0.3) is 0 Å². The molecule has 0 fully saturated rings. The first-order valence-electron chi connectivity index (χ1n) is 4.92. The Bertz CT molecular complexity index is 290. The SMILES string of the molecule is CCNC(=O)CN(CC)S(=O)(=O)CCN. The smallest absolute Gasteiger partial charge is 0.235 e. The highest BCUT2D eigenvalue weighted by Gasteiger charge is 2.21. The number of carbonyl (C=O) groups is 1. The van der Waals surface area contributed by atoms with Crippen molar-refractivity contribution in [2.45, 2.75) is 13.8 Å². The highest BCUT2D eigenvalue weighted by atomic mass is 32.2. The molecule has 0 saturated carbocycles. The van der Waals surface area contributed by atoms with E-state index in [2.05, 4.69) is 5.32 Å². The molecule has 0 spiro atoms. The summed E-state index contributed by atoms with van der Waals surface area (Å²) in [6.07, 6.45) is 0. The van der Waals surface area contributed by atoms with Crippen LogP contribution < -0.4 is 11.1 Å². The zero-order chi connectivity index (χ0) is 11.9. The molecular formula is C8H19N3O3S. The highest BCUT2D eigenvalue weighted by Crippen LogP contribution is 1.99. The van der Waals surface area contributed by atoms with Crippen LogP contribution in [0.5, 0.6) is 0 Å². The van der Waals surface area contributed by atoms with E-state index >= 15 is 0 Å². The van der Waals surface area contributed by atoms with Crippen LogP contribution in [-0.2, 0) is 14.8 Å². The fraction of sp³-hybridized carbons (Fsp3) is 0.875. The van der Waals surface area contributed by atoms with Gasteiger partial charge in [0.2, 0.25) is 15.9 Å². The van der Waals surface area contributed by atoms with E-state index in [1.54, 1.807) is 13.8 Å². The van der Waals surface area contributed by atoms with Gasteiger partial charge >= 0.3 is 0 Å². The minimum Gasteiger partial charge on any atom is -0.355 e. The summed E-state index contributed by atoms with van der Waals surface area (Å²) in [7, 11) is -3.39. The van der Waals surface area contributed by atoms with E-state index in [0.717, 1.165) is 4.31 Å². The Balaban J connectivity index is 4.43. The molecular weight excluding hydrogens is 218 g/mol. The standard InChI is InChI=1S/C8H19N3O3S/c1-3-10-8(12)7-11(4-2)15(13,14)6-5-9/h3-7,9H2,1-2H3,(H,10,12). The number of carbonyl (C=O) groups excluding carboxylic acids is 1. The summed E-state index contributed by atoms with van der Waals surface area (Å²) in [4.78, 5) is 11.2. The highest BCUT2D eigenvalue weighted by molar-refractivity contribution is 7.89. The largest absolute Gasteiger partial charge is 0.355 e. The average molecular weight is 237 g/mol. The fourth-order valence-electron chi connectivity index (χ4n) is 1.10. The van der Waals surface area contributed by atoms with Gasteiger partial charge in [-0.1, -0.05) is 6.92 Å². The summed E-state index contributed by atoms with van der Waals surface area (Å²) in [6.45, 7) is 4.17. The maximum atomic E-state index is 11.6. The zero-order valence-electron chi connectivity index (χ0n) is 9.19. The molecule has 6 nitrogen and oxygen atoms in total. The van der Waals surface area contributed by atoms with Crippen LogP contribution in [0.1, 0.15) is 13.8 Å². The summed E-state index contributed by atoms with van der Waals surface area (Å²) in [6, 6.07) is 0. The molecule has 0 bridgehead atoms.